The third kappa shape index (κ3) is 7.59. The first-order valence-electron chi connectivity index (χ1n) is 7.82. The molecule has 1 N–H and O–H groups in total. The van der Waals surface area contributed by atoms with Gasteiger partial charge in [-0.1, -0.05) is 18.2 Å². The van der Waals surface area contributed by atoms with E-state index in [0.29, 0.717) is 6.54 Å². The van der Waals surface area contributed by atoms with E-state index in [4.69, 9.17) is 9.47 Å². The van der Waals surface area contributed by atoms with Gasteiger partial charge >= 0.3 is 0 Å². The molecule has 1 atom stereocenters. The maximum Gasteiger partial charge on any atom is 0.118 e. The zero-order chi connectivity index (χ0) is 16.2. The molecule has 1 aromatic rings. The Balaban J connectivity index is 2.56. The molecule has 0 heterocycles. The number of hydrogen-bond donors (Lipinski definition) is 1. The highest BCUT2D eigenvalue weighted by Crippen LogP contribution is 2.14. The number of nitrogens with zero attached hydrogens (tertiary/aromatic N) is 1. The summed E-state index contributed by atoms with van der Waals surface area (Å²) >= 11 is 0. The molecular weight excluding hydrogens is 278 g/mol. The number of rotatable bonds is 12. The van der Waals surface area contributed by atoms with Crippen LogP contribution in [-0.2, 0) is 11.3 Å². The van der Waals surface area contributed by atoms with Crippen LogP contribution in [0.25, 0.3) is 0 Å². The fraction of sp³-hybridized carbons (Fsp3) is 0.556. The largest absolute Gasteiger partial charge is 0.497 e. The van der Waals surface area contributed by atoms with E-state index in [1.807, 2.05) is 18.2 Å². The number of aliphatic hydroxyl groups is 1. The summed E-state index contributed by atoms with van der Waals surface area (Å²) in [6.07, 6.45) is 4.09. The molecule has 0 aromatic heterocycles. The first-order chi connectivity index (χ1) is 10.7. The van der Waals surface area contributed by atoms with Gasteiger partial charge in [0.05, 0.1) is 13.2 Å². The van der Waals surface area contributed by atoms with Crippen LogP contribution in [0.5, 0.6) is 5.75 Å². The van der Waals surface area contributed by atoms with Gasteiger partial charge in [-0.2, -0.15) is 0 Å². The number of benzene rings is 1. The van der Waals surface area contributed by atoms with Gasteiger partial charge in [-0.05, 0) is 37.0 Å². The number of ether oxygens (including phenoxy) is 2. The number of methoxy groups -OCH3 is 2. The van der Waals surface area contributed by atoms with Gasteiger partial charge in [0.2, 0.25) is 0 Å². The lowest BCUT2D eigenvalue weighted by atomic mass is 10.1. The van der Waals surface area contributed by atoms with Gasteiger partial charge in [-0.3, -0.25) is 4.90 Å². The van der Waals surface area contributed by atoms with Crippen molar-refractivity contribution in [2.24, 2.45) is 0 Å². The molecule has 124 valence electrons. The minimum atomic E-state index is -0.321. The third-order valence-corrected chi connectivity index (χ3v) is 3.56. The van der Waals surface area contributed by atoms with Crippen LogP contribution in [0.4, 0.5) is 0 Å². The zero-order valence-corrected chi connectivity index (χ0v) is 13.8. The molecule has 1 aromatic carbocycles. The van der Waals surface area contributed by atoms with Gasteiger partial charge < -0.3 is 14.6 Å². The Morgan fingerprint density at radius 3 is 2.59 bits per heavy atom. The van der Waals surface area contributed by atoms with E-state index in [1.54, 1.807) is 14.2 Å². The first kappa shape index (κ1) is 18.7. The van der Waals surface area contributed by atoms with Crippen molar-refractivity contribution in [3.63, 3.8) is 0 Å². The number of allylic oxidation sites excluding steroid dienone is 1. The molecule has 0 radical (unpaired) electrons. The van der Waals surface area contributed by atoms with Gasteiger partial charge in [0.1, 0.15) is 5.75 Å². The molecule has 1 rings (SSSR count). The van der Waals surface area contributed by atoms with E-state index in [9.17, 15) is 5.11 Å². The highest BCUT2D eigenvalue weighted by atomic mass is 16.5. The van der Waals surface area contributed by atoms with Crippen molar-refractivity contribution >= 4 is 0 Å². The van der Waals surface area contributed by atoms with Crippen LogP contribution < -0.4 is 4.74 Å². The minimum Gasteiger partial charge on any atom is -0.497 e. The van der Waals surface area contributed by atoms with Crippen LogP contribution in [-0.4, -0.2) is 50.0 Å². The van der Waals surface area contributed by atoms with Crippen molar-refractivity contribution < 1.29 is 14.6 Å². The smallest absolute Gasteiger partial charge is 0.118 e. The van der Waals surface area contributed by atoms with E-state index in [0.717, 1.165) is 44.7 Å². The highest BCUT2D eigenvalue weighted by Gasteiger charge is 2.12. The van der Waals surface area contributed by atoms with Crippen molar-refractivity contribution in [2.45, 2.75) is 31.9 Å². The zero-order valence-electron chi connectivity index (χ0n) is 13.8. The lowest BCUT2D eigenvalue weighted by Gasteiger charge is -2.25. The van der Waals surface area contributed by atoms with Crippen LogP contribution in [0, 0.1) is 0 Å². The van der Waals surface area contributed by atoms with Crippen LogP contribution in [0.15, 0.2) is 36.9 Å². The average molecular weight is 307 g/mol. The van der Waals surface area contributed by atoms with Crippen LogP contribution in [0.3, 0.4) is 0 Å². The van der Waals surface area contributed by atoms with Gasteiger partial charge in [-0.25, -0.2) is 0 Å². The fourth-order valence-electron chi connectivity index (χ4n) is 2.36. The second kappa shape index (κ2) is 11.2. The van der Waals surface area contributed by atoms with Crippen LogP contribution in [0.2, 0.25) is 0 Å². The van der Waals surface area contributed by atoms with Gasteiger partial charge in [0.25, 0.3) is 0 Å². The highest BCUT2D eigenvalue weighted by molar-refractivity contribution is 5.27. The maximum absolute atomic E-state index is 10.1. The fourth-order valence-corrected chi connectivity index (χ4v) is 2.36. The van der Waals surface area contributed by atoms with Crippen molar-refractivity contribution in [3.05, 3.63) is 42.5 Å². The molecule has 0 aliphatic carbocycles. The van der Waals surface area contributed by atoms with E-state index in [-0.39, 0.29) is 6.10 Å². The Kier molecular flexibility index (Phi) is 9.55. The molecule has 0 fully saturated rings. The number of aliphatic hydroxyl groups excluding tert-OH is 1. The Hall–Kier alpha value is -1.36. The molecule has 22 heavy (non-hydrogen) atoms. The molecule has 0 amide bonds. The summed E-state index contributed by atoms with van der Waals surface area (Å²) < 4.78 is 10.3. The summed E-state index contributed by atoms with van der Waals surface area (Å²) in [6, 6.07) is 8.07. The van der Waals surface area contributed by atoms with E-state index < -0.39 is 0 Å². The molecule has 0 aliphatic heterocycles. The third-order valence-electron chi connectivity index (χ3n) is 3.56. The van der Waals surface area contributed by atoms with Crippen LogP contribution in [0.1, 0.15) is 24.8 Å². The molecule has 4 heteroatoms. The Bertz CT molecular complexity index is 405. The molecular formula is C18H29NO3. The Morgan fingerprint density at radius 1 is 1.27 bits per heavy atom. The molecule has 4 nitrogen and oxygen atoms in total. The summed E-state index contributed by atoms with van der Waals surface area (Å²) in [5.41, 5.74) is 1.22. The average Bonchev–Trinajstić information content (AvgIpc) is 2.53. The summed E-state index contributed by atoms with van der Waals surface area (Å²) in [7, 11) is 3.38. The summed E-state index contributed by atoms with van der Waals surface area (Å²) in [4.78, 5) is 2.27. The maximum atomic E-state index is 10.1. The van der Waals surface area contributed by atoms with Gasteiger partial charge in [0.15, 0.2) is 0 Å². The minimum absolute atomic E-state index is 0.321. The molecule has 0 bridgehead atoms. The normalized spacial score (nSPS) is 12.4. The van der Waals surface area contributed by atoms with Crippen molar-refractivity contribution in [1.29, 1.82) is 0 Å². The second-order valence-corrected chi connectivity index (χ2v) is 5.45. The first-order valence-corrected chi connectivity index (χ1v) is 7.82. The predicted molar refractivity (Wildman–Crippen MR) is 90.2 cm³/mol. The van der Waals surface area contributed by atoms with E-state index >= 15 is 0 Å². The van der Waals surface area contributed by atoms with Crippen LogP contribution >= 0.6 is 0 Å². The Morgan fingerprint density at radius 2 is 2.00 bits per heavy atom. The van der Waals surface area contributed by atoms with Crippen molar-refractivity contribution in [3.8, 4) is 5.75 Å². The molecule has 0 aliphatic rings. The molecule has 0 saturated heterocycles. The van der Waals surface area contributed by atoms with Crippen molar-refractivity contribution in [2.75, 3.05) is 33.9 Å². The van der Waals surface area contributed by atoms with Crippen molar-refractivity contribution in [1.82, 2.24) is 4.90 Å². The van der Waals surface area contributed by atoms with Gasteiger partial charge in [0, 0.05) is 33.4 Å². The summed E-state index contributed by atoms with van der Waals surface area (Å²) in [6.45, 7) is 6.84. The second-order valence-electron chi connectivity index (χ2n) is 5.45. The standard InChI is InChI=1S/C18H29NO3/c1-4-5-7-17(20)15-19(12-6-13-21-2)14-16-8-10-18(22-3)11-9-16/h4,8-11,17,20H,1,5-7,12-15H2,2-3H3/t17-/m1/s1. The summed E-state index contributed by atoms with van der Waals surface area (Å²) in [5.74, 6) is 0.862. The predicted octanol–water partition coefficient (Wildman–Crippen LogP) is 2.86. The summed E-state index contributed by atoms with van der Waals surface area (Å²) in [5, 5.41) is 10.1. The SMILES string of the molecule is C=CCC[C@@H](O)CN(CCCOC)Cc1ccc(OC)cc1. The monoisotopic (exact) mass is 307 g/mol. The van der Waals surface area contributed by atoms with E-state index in [1.165, 1.54) is 5.56 Å². The lowest BCUT2D eigenvalue weighted by Crippen LogP contribution is -2.33. The lowest BCUT2D eigenvalue weighted by molar-refractivity contribution is 0.0941. The topological polar surface area (TPSA) is 41.9 Å². The number of hydrogen-bond acceptors (Lipinski definition) is 4. The molecule has 0 unspecified atom stereocenters. The Labute approximate surface area is 134 Å². The quantitative estimate of drug-likeness (QED) is 0.476. The molecule has 0 saturated carbocycles. The molecule has 0 spiro atoms. The van der Waals surface area contributed by atoms with Gasteiger partial charge in [-0.15, -0.1) is 6.58 Å². The van der Waals surface area contributed by atoms with E-state index in [2.05, 4.69) is 23.6 Å².